The zero-order valence-corrected chi connectivity index (χ0v) is 18.0. The van der Waals surface area contributed by atoms with Gasteiger partial charge in [0.15, 0.2) is 16.8 Å². The van der Waals surface area contributed by atoms with Gasteiger partial charge in [-0.3, -0.25) is 4.79 Å². The van der Waals surface area contributed by atoms with E-state index in [1.807, 2.05) is 50.2 Å². The van der Waals surface area contributed by atoms with Crippen molar-refractivity contribution in [2.75, 3.05) is 38.2 Å². The predicted octanol–water partition coefficient (Wildman–Crippen LogP) is 3.99. The van der Waals surface area contributed by atoms with Gasteiger partial charge in [0.2, 0.25) is 0 Å². The average Bonchev–Trinajstić information content (AvgIpc) is 2.82. The molecule has 2 aliphatic heterocycles. The summed E-state index contributed by atoms with van der Waals surface area (Å²) in [5.41, 5.74) is 5.89. The molecule has 158 valence electrons. The summed E-state index contributed by atoms with van der Waals surface area (Å²) in [6, 6.07) is 13.6. The molecule has 3 aliphatic rings. The Bertz CT molecular complexity index is 1310. The van der Waals surface area contributed by atoms with Gasteiger partial charge in [-0.1, -0.05) is 12.1 Å². The summed E-state index contributed by atoms with van der Waals surface area (Å²) in [6.07, 6.45) is 0. The van der Waals surface area contributed by atoms with Gasteiger partial charge in [0.25, 0.3) is 0 Å². The first-order valence-corrected chi connectivity index (χ1v) is 10.6. The first-order valence-electron chi connectivity index (χ1n) is 10.6. The van der Waals surface area contributed by atoms with Gasteiger partial charge in [-0.2, -0.15) is 0 Å². The Balaban J connectivity index is 1.76. The van der Waals surface area contributed by atoms with Crippen molar-refractivity contribution in [1.29, 1.82) is 0 Å². The van der Waals surface area contributed by atoms with Crippen molar-refractivity contribution in [3.63, 3.8) is 0 Å². The number of methoxy groups -OCH3 is 1. The maximum absolute atomic E-state index is 13.4. The van der Waals surface area contributed by atoms with Crippen LogP contribution in [0.5, 0.6) is 5.75 Å². The van der Waals surface area contributed by atoms with Crippen LogP contribution in [0.1, 0.15) is 11.1 Å². The molecule has 0 saturated carbocycles. The van der Waals surface area contributed by atoms with Gasteiger partial charge >= 0.3 is 0 Å². The van der Waals surface area contributed by atoms with Gasteiger partial charge in [0, 0.05) is 49.1 Å². The largest absolute Gasteiger partial charge is 0.496 e. The summed E-state index contributed by atoms with van der Waals surface area (Å²) >= 11 is 0. The van der Waals surface area contributed by atoms with E-state index in [0.717, 1.165) is 48.5 Å². The highest BCUT2D eigenvalue weighted by Crippen LogP contribution is 2.40. The molecule has 5 rings (SSSR count). The average molecular weight is 415 g/mol. The van der Waals surface area contributed by atoms with Crippen LogP contribution < -0.4 is 20.4 Å². The third-order valence-electron chi connectivity index (χ3n) is 6.17. The standard InChI is InChI=1S/C25H25N3O3/c1-15-16(2)24(29)22(25-23(15)27-19-6-4-5-7-20(19)31-25)18-9-8-17(14-21(18)30-3)28-12-10-26-11-13-28/h4-9,14,26H,10-13H2,1-3H3. The Kier molecular flexibility index (Phi) is 4.87. The van der Waals surface area contributed by atoms with E-state index in [1.165, 1.54) is 0 Å². The van der Waals surface area contributed by atoms with Gasteiger partial charge in [-0.25, -0.2) is 4.98 Å². The summed E-state index contributed by atoms with van der Waals surface area (Å²) in [6.45, 7) is 7.55. The zero-order valence-electron chi connectivity index (χ0n) is 18.0. The van der Waals surface area contributed by atoms with Crippen LogP contribution in [0.4, 0.5) is 5.69 Å². The monoisotopic (exact) mass is 415 g/mol. The minimum absolute atomic E-state index is 0.0564. The van der Waals surface area contributed by atoms with Gasteiger partial charge in [-0.15, -0.1) is 0 Å². The molecular weight excluding hydrogens is 390 g/mol. The lowest BCUT2D eigenvalue weighted by Gasteiger charge is -2.30. The van der Waals surface area contributed by atoms with E-state index in [-0.39, 0.29) is 5.43 Å². The number of piperazine rings is 1. The van der Waals surface area contributed by atoms with Crippen LogP contribution in [-0.2, 0) is 0 Å². The molecule has 0 amide bonds. The van der Waals surface area contributed by atoms with Gasteiger partial charge in [-0.05, 0) is 43.7 Å². The normalized spacial score (nSPS) is 14.4. The van der Waals surface area contributed by atoms with Gasteiger partial charge < -0.3 is 19.4 Å². The molecule has 0 radical (unpaired) electrons. The molecule has 0 bridgehead atoms. The van der Waals surface area contributed by atoms with Crippen LogP contribution >= 0.6 is 0 Å². The molecule has 6 nitrogen and oxygen atoms in total. The van der Waals surface area contributed by atoms with E-state index in [9.17, 15) is 4.79 Å². The van der Waals surface area contributed by atoms with Gasteiger partial charge in [0.1, 0.15) is 17.0 Å². The highest BCUT2D eigenvalue weighted by Gasteiger charge is 2.26. The van der Waals surface area contributed by atoms with Crippen LogP contribution in [0.25, 0.3) is 33.7 Å². The number of fused-ring (bicyclic) bond motifs is 2. The number of ether oxygens (including phenoxy) is 1. The predicted molar refractivity (Wildman–Crippen MR) is 123 cm³/mol. The lowest BCUT2D eigenvalue weighted by atomic mass is 9.93. The molecular formula is C25H25N3O3. The summed E-state index contributed by atoms with van der Waals surface area (Å²) in [4.78, 5) is 20.6. The van der Waals surface area contributed by atoms with Crippen LogP contribution in [0, 0.1) is 13.8 Å². The Morgan fingerprint density at radius 2 is 1.84 bits per heavy atom. The van der Waals surface area contributed by atoms with Crippen LogP contribution in [0.15, 0.2) is 51.7 Å². The van der Waals surface area contributed by atoms with E-state index in [4.69, 9.17) is 14.1 Å². The first-order chi connectivity index (χ1) is 15.1. The molecule has 31 heavy (non-hydrogen) atoms. The quantitative estimate of drug-likeness (QED) is 0.510. The number of benzene rings is 3. The second kappa shape index (κ2) is 7.71. The number of hydrogen-bond donors (Lipinski definition) is 1. The lowest BCUT2D eigenvalue weighted by molar-refractivity contribution is 0.416. The fourth-order valence-electron chi connectivity index (χ4n) is 4.28. The van der Waals surface area contributed by atoms with Crippen molar-refractivity contribution >= 4 is 16.8 Å². The van der Waals surface area contributed by atoms with E-state index < -0.39 is 0 Å². The number of anilines is 1. The number of rotatable bonds is 3. The molecule has 2 aromatic rings. The van der Waals surface area contributed by atoms with Crippen molar-refractivity contribution in [1.82, 2.24) is 10.3 Å². The minimum Gasteiger partial charge on any atom is -0.496 e. The van der Waals surface area contributed by atoms with Crippen molar-refractivity contribution in [2.24, 2.45) is 0 Å². The van der Waals surface area contributed by atoms with E-state index in [0.29, 0.717) is 33.9 Å². The highest BCUT2D eigenvalue weighted by atomic mass is 16.5. The molecule has 1 saturated heterocycles. The number of para-hydroxylation sites is 2. The highest BCUT2D eigenvalue weighted by molar-refractivity contribution is 5.88. The molecule has 0 spiro atoms. The Hall–Kier alpha value is -3.38. The fourth-order valence-corrected chi connectivity index (χ4v) is 4.28. The Morgan fingerprint density at radius 1 is 1.06 bits per heavy atom. The summed E-state index contributed by atoms with van der Waals surface area (Å²) in [7, 11) is 1.64. The summed E-state index contributed by atoms with van der Waals surface area (Å²) < 4.78 is 12.0. The lowest BCUT2D eigenvalue weighted by Crippen LogP contribution is -2.43. The van der Waals surface area contributed by atoms with Crippen molar-refractivity contribution < 1.29 is 9.15 Å². The molecule has 2 heterocycles. The Morgan fingerprint density at radius 3 is 2.61 bits per heavy atom. The summed E-state index contributed by atoms with van der Waals surface area (Å²) in [5, 5.41) is 3.37. The van der Waals surface area contributed by atoms with E-state index in [2.05, 4.69) is 16.3 Å². The molecule has 1 fully saturated rings. The molecule has 1 aliphatic carbocycles. The second-order valence-electron chi connectivity index (χ2n) is 7.94. The number of nitrogens with zero attached hydrogens (tertiary/aromatic N) is 2. The van der Waals surface area contributed by atoms with Crippen LogP contribution in [-0.4, -0.2) is 38.3 Å². The van der Waals surface area contributed by atoms with E-state index >= 15 is 0 Å². The molecule has 2 aromatic carbocycles. The molecule has 0 aromatic heterocycles. The third kappa shape index (κ3) is 3.24. The Labute approximate surface area is 180 Å². The number of aromatic nitrogens is 1. The summed E-state index contributed by atoms with van der Waals surface area (Å²) in [5.74, 6) is 1.15. The molecule has 0 atom stereocenters. The zero-order chi connectivity index (χ0) is 21.5. The topological polar surface area (TPSA) is 67.6 Å². The maximum Gasteiger partial charge on any atom is 0.193 e. The van der Waals surface area contributed by atoms with Crippen LogP contribution in [0.3, 0.4) is 0 Å². The van der Waals surface area contributed by atoms with Crippen LogP contribution in [0.2, 0.25) is 0 Å². The van der Waals surface area contributed by atoms with Crippen molar-refractivity contribution in [3.05, 3.63) is 63.8 Å². The molecule has 1 N–H and O–H groups in total. The maximum atomic E-state index is 13.4. The van der Waals surface area contributed by atoms with Crippen molar-refractivity contribution in [3.8, 4) is 28.3 Å². The molecule has 6 heteroatoms. The number of nitrogens with one attached hydrogen (secondary N) is 1. The van der Waals surface area contributed by atoms with Crippen molar-refractivity contribution in [2.45, 2.75) is 13.8 Å². The smallest absolute Gasteiger partial charge is 0.193 e. The minimum atomic E-state index is -0.0564. The second-order valence-corrected chi connectivity index (χ2v) is 7.94. The fraction of sp³-hybridized carbons (Fsp3) is 0.280. The third-order valence-corrected chi connectivity index (χ3v) is 6.17. The van der Waals surface area contributed by atoms with E-state index in [1.54, 1.807) is 7.11 Å². The number of hydrogen-bond acceptors (Lipinski definition) is 6. The first kappa shape index (κ1) is 19.6. The molecule has 0 unspecified atom stereocenters. The SMILES string of the molecule is COc1cc(N2CCNCC2)ccc1-c1c2oc3ccccc3nc-2c(C)c(C)c1=O. The van der Waals surface area contributed by atoms with Gasteiger partial charge in [0.05, 0.1) is 12.7 Å².